The van der Waals surface area contributed by atoms with Crippen LogP contribution in [0.4, 0.5) is 0 Å². The molecule has 118 valence electrons. The summed E-state index contributed by atoms with van der Waals surface area (Å²) < 4.78 is 0. The van der Waals surface area contributed by atoms with Gasteiger partial charge < -0.3 is 29.1 Å². The minimum atomic E-state index is -2.07. The normalized spacial score (nSPS) is 12.3. The summed E-state index contributed by atoms with van der Waals surface area (Å²) in [7, 11) is -2.07. The van der Waals surface area contributed by atoms with E-state index in [0.717, 1.165) is 0 Å². The average molecular weight is 434 g/mol. The Morgan fingerprint density at radius 1 is 0.609 bits per heavy atom. The fraction of sp³-hybridized carbons (Fsp3) is 0.100. The second kappa shape index (κ2) is 8.05. The van der Waals surface area contributed by atoms with E-state index >= 15 is 0 Å². The third kappa shape index (κ3) is 3.35. The lowest BCUT2D eigenvalue weighted by Crippen LogP contribution is -3.00. The van der Waals surface area contributed by atoms with Crippen molar-refractivity contribution < 1.29 is 29.1 Å². The average Bonchev–Trinajstić information content (AvgIpc) is 2.58. The van der Waals surface area contributed by atoms with Crippen LogP contribution in [0.25, 0.3) is 0 Å². The van der Waals surface area contributed by atoms with Gasteiger partial charge in [0.25, 0.3) is 0 Å². The quantitative estimate of drug-likeness (QED) is 0.464. The zero-order valence-corrected chi connectivity index (χ0v) is 16.1. The topological polar surface area (TPSA) is 20.2 Å². The van der Waals surface area contributed by atoms with E-state index in [4.69, 9.17) is 0 Å². The van der Waals surface area contributed by atoms with Crippen molar-refractivity contribution in [1.82, 2.24) is 0 Å². The second-order valence-electron chi connectivity index (χ2n) is 5.36. The summed E-state index contributed by atoms with van der Waals surface area (Å²) in [4.78, 5) is 0. The summed E-state index contributed by atoms with van der Waals surface area (Å²) in [5.74, 6) is -0.445. The highest BCUT2D eigenvalue weighted by Crippen LogP contribution is 2.58. The van der Waals surface area contributed by atoms with E-state index in [-0.39, 0.29) is 24.0 Å². The Bertz CT molecular complexity index is 618. The molecule has 0 saturated heterocycles. The summed E-state index contributed by atoms with van der Waals surface area (Å²) in [6.45, 7) is 1.92. The van der Waals surface area contributed by atoms with Crippen molar-refractivity contribution in [3.05, 3.63) is 91.0 Å². The minimum absolute atomic E-state index is 0. The number of hydrogen-bond donors (Lipinski definition) is 1. The maximum atomic E-state index is 10.9. The number of aliphatic hydroxyl groups excluding tert-OH is 1. The maximum absolute atomic E-state index is 10.9. The Morgan fingerprint density at radius 3 is 1.09 bits per heavy atom. The van der Waals surface area contributed by atoms with Gasteiger partial charge in [-0.2, -0.15) is 0 Å². The molecule has 0 fully saturated rings. The fourth-order valence-corrected chi connectivity index (χ4v) is 7.20. The van der Waals surface area contributed by atoms with Crippen LogP contribution < -0.4 is 39.9 Å². The lowest BCUT2D eigenvalue weighted by Gasteiger charge is -2.29. The van der Waals surface area contributed by atoms with E-state index in [0.29, 0.717) is 0 Å². The highest BCUT2D eigenvalue weighted by molar-refractivity contribution is 7.96. The molecule has 3 rings (SSSR count). The predicted octanol–water partition coefficient (Wildman–Crippen LogP) is 0.323. The van der Waals surface area contributed by atoms with Crippen LogP contribution in [0.2, 0.25) is 0 Å². The van der Waals surface area contributed by atoms with E-state index in [1.54, 1.807) is 0 Å². The van der Waals surface area contributed by atoms with E-state index in [1.165, 1.54) is 15.9 Å². The van der Waals surface area contributed by atoms with Gasteiger partial charge in [-0.15, -0.1) is 0 Å². The molecule has 0 saturated carbocycles. The molecule has 3 aromatic carbocycles. The van der Waals surface area contributed by atoms with Crippen molar-refractivity contribution in [2.24, 2.45) is 0 Å². The molecule has 0 aliphatic rings. The molecule has 0 bridgehead atoms. The Balaban J connectivity index is 0.00000192. The van der Waals surface area contributed by atoms with Crippen LogP contribution in [0.1, 0.15) is 6.92 Å². The van der Waals surface area contributed by atoms with E-state index in [9.17, 15) is 5.11 Å². The largest absolute Gasteiger partial charge is 1.00 e. The smallest absolute Gasteiger partial charge is 0.175 e. The molecule has 0 aliphatic heterocycles. The highest BCUT2D eigenvalue weighted by Gasteiger charge is 2.49. The van der Waals surface area contributed by atoms with Crippen LogP contribution in [0.15, 0.2) is 91.0 Å². The Kier molecular flexibility index (Phi) is 6.34. The first kappa shape index (κ1) is 18.1. The van der Waals surface area contributed by atoms with Gasteiger partial charge in [0.15, 0.2) is 5.85 Å². The number of halogens is 1. The van der Waals surface area contributed by atoms with Crippen LogP contribution in [0.5, 0.6) is 0 Å². The molecule has 0 amide bonds. The molecule has 0 spiro atoms. The van der Waals surface area contributed by atoms with Gasteiger partial charge in [-0.1, -0.05) is 54.6 Å². The van der Waals surface area contributed by atoms with Crippen molar-refractivity contribution in [3.8, 4) is 0 Å². The van der Waals surface area contributed by atoms with E-state index < -0.39 is 13.1 Å². The van der Waals surface area contributed by atoms with Gasteiger partial charge >= 0.3 is 0 Å². The Morgan fingerprint density at radius 2 is 0.870 bits per heavy atom. The SMILES string of the molecule is CC(O)[P+](c1ccccc1)(c1ccccc1)c1ccccc1.[I-]. The molecule has 0 aliphatic carbocycles. The van der Waals surface area contributed by atoms with Crippen molar-refractivity contribution >= 4 is 23.2 Å². The van der Waals surface area contributed by atoms with Gasteiger partial charge in [-0.05, 0) is 43.3 Å². The maximum Gasteiger partial charge on any atom is 0.175 e. The third-order valence-corrected chi connectivity index (χ3v) is 8.51. The molecule has 1 N–H and O–H groups in total. The molecule has 1 atom stereocenters. The van der Waals surface area contributed by atoms with Gasteiger partial charge in [0.05, 0.1) is 0 Å². The Hall–Kier alpha value is -1.22. The molecular weight excluding hydrogens is 414 g/mol. The number of rotatable bonds is 4. The standard InChI is InChI=1S/C20H20OP.HI/c1-17(21)22(18-11-5-2-6-12-18,19-13-7-3-8-14-19)20-15-9-4-10-16-20;/h2-17,21H,1H3;1H/q+1;/p-1. The number of aliphatic hydroxyl groups is 1. The number of hydrogen-bond acceptors (Lipinski definition) is 1. The van der Waals surface area contributed by atoms with Crippen molar-refractivity contribution in [2.45, 2.75) is 12.8 Å². The summed E-state index contributed by atoms with van der Waals surface area (Å²) in [6.07, 6.45) is 0. The zero-order valence-electron chi connectivity index (χ0n) is 13.0. The first-order valence-corrected chi connectivity index (χ1v) is 9.35. The number of benzene rings is 3. The van der Waals surface area contributed by atoms with Gasteiger partial charge in [0.2, 0.25) is 0 Å². The van der Waals surface area contributed by atoms with Crippen LogP contribution >= 0.6 is 7.26 Å². The molecule has 1 unspecified atom stereocenters. The van der Waals surface area contributed by atoms with Crippen LogP contribution in [0.3, 0.4) is 0 Å². The minimum Gasteiger partial charge on any atom is -1.00 e. The molecule has 3 aromatic rings. The van der Waals surface area contributed by atoms with Gasteiger partial charge in [-0.25, -0.2) is 0 Å². The molecule has 3 heteroatoms. The third-order valence-electron chi connectivity index (χ3n) is 4.05. The molecule has 0 heterocycles. The molecular formula is C20H20IOP. The van der Waals surface area contributed by atoms with Crippen LogP contribution in [-0.2, 0) is 0 Å². The van der Waals surface area contributed by atoms with E-state index in [2.05, 4.69) is 72.8 Å². The highest BCUT2D eigenvalue weighted by atomic mass is 127. The summed E-state index contributed by atoms with van der Waals surface area (Å²) in [5.41, 5.74) is 0. The van der Waals surface area contributed by atoms with Crippen molar-refractivity contribution in [2.75, 3.05) is 0 Å². The summed E-state index contributed by atoms with van der Waals surface area (Å²) in [6, 6.07) is 31.2. The lowest BCUT2D eigenvalue weighted by atomic mass is 10.4. The Labute approximate surface area is 155 Å². The van der Waals surface area contributed by atoms with Crippen molar-refractivity contribution in [1.29, 1.82) is 0 Å². The fourth-order valence-electron chi connectivity index (χ4n) is 3.08. The van der Waals surface area contributed by atoms with E-state index in [1.807, 2.05) is 25.1 Å². The molecule has 1 nitrogen and oxygen atoms in total. The zero-order chi connectivity index (χ0) is 15.4. The lowest BCUT2D eigenvalue weighted by molar-refractivity contribution is -0.00000568. The molecule has 23 heavy (non-hydrogen) atoms. The monoisotopic (exact) mass is 434 g/mol. The first-order chi connectivity index (χ1) is 10.8. The van der Waals surface area contributed by atoms with Crippen LogP contribution in [0, 0.1) is 0 Å². The predicted molar refractivity (Wildman–Crippen MR) is 96.8 cm³/mol. The van der Waals surface area contributed by atoms with Crippen LogP contribution in [-0.4, -0.2) is 11.0 Å². The van der Waals surface area contributed by atoms with Gasteiger partial charge in [-0.3, -0.25) is 0 Å². The summed E-state index contributed by atoms with van der Waals surface area (Å²) in [5, 5.41) is 14.5. The van der Waals surface area contributed by atoms with Gasteiger partial charge in [0.1, 0.15) is 23.2 Å². The summed E-state index contributed by atoms with van der Waals surface area (Å²) >= 11 is 0. The first-order valence-electron chi connectivity index (χ1n) is 7.50. The van der Waals surface area contributed by atoms with Crippen molar-refractivity contribution in [3.63, 3.8) is 0 Å². The second-order valence-corrected chi connectivity index (χ2v) is 9.10. The van der Waals surface area contributed by atoms with Gasteiger partial charge in [0, 0.05) is 0 Å². The molecule has 0 aromatic heterocycles. The molecule has 0 radical (unpaired) electrons.